The number of carbonyl (C=O) groups is 2. The van der Waals surface area contributed by atoms with Crippen LogP contribution >= 0.6 is 11.6 Å². The summed E-state index contributed by atoms with van der Waals surface area (Å²) in [5.74, 6) is -1.05. The van der Waals surface area contributed by atoms with E-state index in [1.807, 2.05) is 0 Å². The van der Waals surface area contributed by atoms with E-state index in [0.29, 0.717) is 17.1 Å². The van der Waals surface area contributed by atoms with Crippen molar-refractivity contribution in [3.8, 4) is 0 Å². The van der Waals surface area contributed by atoms with Crippen LogP contribution in [0.1, 0.15) is 29.5 Å². The summed E-state index contributed by atoms with van der Waals surface area (Å²) in [6.45, 7) is 1.76. The van der Waals surface area contributed by atoms with Crippen molar-refractivity contribution in [1.29, 1.82) is 0 Å². The predicted octanol–water partition coefficient (Wildman–Crippen LogP) is 3.26. The number of carboxylic acids is 1. The minimum absolute atomic E-state index is 0.0277. The Morgan fingerprint density at radius 2 is 2.09 bits per heavy atom. The van der Waals surface area contributed by atoms with Gasteiger partial charge in [-0.05, 0) is 36.8 Å². The van der Waals surface area contributed by atoms with Crippen molar-refractivity contribution < 1.29 is 23.5 Å². The molecular weight excluding hydrogens is 325 g/mol. The number of benzene rings is 1. The zero-order valence-electron chi connectivity index (χ0n) is 12.3. The van der Waals surface area contributed by atoms with Crippen LogP contribution in [0.3, 0.4) is 0 Å². The Labute approximate surface area is 137 Å². The molecule has 1 aromatic carbocycles. The molecule has 0 unspecified atom stereocenters. The van der Waals surface area contributed by atoms with Crippen molar-refractivity contribution in [3.05, 3.63) is 58.3 Å². The van der Waals surface area contributed by atoms with Gasteiger partial charge in [0, 0.05) is 0 Å². The third-order valence-electron chi connectivity index (χ3n) is 3.19. The molecule has 1 aromatic heterocycles. The molecule has 7 heteroatoms. The molecule has 0 saturated carbocycles. The van der Waals surface area contributed by atoms with Gasteiger partial charge in [-0.1, -0.05) is 17.7 Å². The third-order valence-corrected chi connectivity index (χ3v) is 3.50. The molecule has 1 heterocycles. The molecule has 0 radical (unpaired) electrons. The van der Waals surface area contributed by atoms with Crippen molar-refractivity contribution in [3.63, 3.8) is 0 Å². The summed E-state index contributed by atoms with van der Waals surface area (Å²) in [6, 6.07) is 6.46. The molecule has 0 saturated heterocycles. The molecular formula is C16H15ClFNO4. The summed E-state index contributed by atoms with van der Waals surface area (Å²) >= 11 is 5.62. The predicted molar refractivity (Wildman–Crippen MR) is 81.7 cm³/mol. The van der Waals surface area contributed by atoms with Gasteiger partial charge in [0.25, 0.3) is 0 Å². The highest BCUT2D eigenvalue weighted by Gasteiger charge is 2.20. The number of furan rings is 1. The zero-order valence-corrected chi connectivity index (χ0v) is 13.1. The van der Waals surface area contributed by atoms with Crippen LogP contribution in [0.15, 0.2) is 34.7 Å². The summed E-state index contributed by atoms with van der Waals surface area (Å²) in [5, 5.41) is 11.5. The van der Waals surface area contributed by atoms with Crippen LogP contribution in [0, 0.1) is 12.7 Å². The summed E-state index contributed by atoms with van der Waals surface area (Å²) in [6.07, 6.45) is -0.399. The van der Waals surface area contributed by atoms with Gasteiger partial charge < -0.3 is 14.8 Å². The molecule has 0 spiro atoms. The number of carbonyl (C=O) groups excluding carboxylic acids is 1. The third kappa shape index (κ3) is 4.82. The maximum Gasteiger partial charge on any atom is 0.305 e. The molecule has 0 aliphatic heterocycles. The molecule has 122 valence electrons. The Morgan fingerprint density at radius 3 is 2.65 bits per heavy atom. The zero-order chi connectivity index (χ0) is 17.0. The number of aryl methyl sites for hydroxylation is 1. The fourth-order valence-electron chi connectivity index (χ4n) is 2.14. The van der Waals surface area contributed by atoms with E-state index in [2.05, 4.69) is 5.32 Å². The lowest BCUT2D eigenvalue weighted by molar-refractivity contribution is -0.137. The highest BCUT2D eigenvalue weighted by Crippen LogP contribution is 2.22. The average molecular weight is 340 g/mol. The van der Waals surface area contributed by atoms with Gasteiger partial charge in [-0.25, -0.2) is 4.39 Å². The first kappa shape index (κ1) is 17.0. The summed E-state index contributed by atoms with van der Waals surface area (Å²) in [5.41, 5.74) is 0.332. The minimum atomic E-state index is -1.11. The van der Waals surface area contributed by atoms with Crippen molar-refractivity contribution in [2.75, 3.05) is 0 Å². The summed E-state index contributed by atoms with van der Waals surface area (Å²) < 4.78 is 18.9. The number of halogens is 2. The molecule has 1 atom stereocenters. The highest BCUT2D eigenvalue weighted by atomic mass is 35.5. The van der Waals surface area contributed by atoms with Crippen LogP contribution in [0.2, 0.25) is 5.02 Å². The lowest BCUT2D eigenvalue weighted by Crippen LogP contribution is -2.31. The summed E-state index contributed by atoms with van der Waals surface area (Å²) in [7, 11) is 0. The second kappa shape index (κ2) is 7.28. The SMILES string of the molecule is Cc1ccc(CC(=O)N[C@H](CC(=O)O)c2ccc(Cl)c(F)c2)o1. The van der Waals surface area contributed by atoms with Crippen LogP contribution in [-0.4, -0.2) is 17.0 Å². The summed E-state index contributed by atoms with van der Waals surface area (Å²) in [4.78, 5) is 23.0. The van der Waals surface area contributed by atoms with Crippen molar-refractivity contribution in [1.82, 2.24) is 5.32 Å². The Balaban J connectivity index is 2.12. The van der Waals surface area contributed by atoms with E-state index in [0.717, 1.165) is 6.07 Å². The smallest absolute Gasteiger partial charge is 0.305 e. The molecule has 23 heavy (non-hydrogen) atoms. The number of aliphatic carboxylic acids is 1. The molecule has 1 amide bonds. The molecule has 0 fully saturated rings. The van der Waals surface area contributed by atoms with Crippen LogP contribution in [0.4, 0.5) is 4.39 Å². The first-order chi connectivity index (χ1) is 10.8. The normalized spacial score (nSPS) is 12.0. The van der Waals surface area contributed by atoms with E-state index in [9.17, 15) is 14.0 Å². The number of carboxylic acid groups (broad SMARTS) is 1. The van der Waals surface area contributed by atoms with Gasteiger partial charge in [0.2, 0.25) is 5.91 Å². The quantitative estimate of drug-likeness (QED) is 0.846. The number of rotatable bonds is 6. The fraction of sp³-hybridized carbons (Fsp3) is 0.250. The lowest BCUT2D eigenvalue weighted by Gasteiger charge is -2.17. The Bertz CT molecular complexity index is 729. The van der Waals surface area contributed by atoms with Gasteiger partial charge in [-0.2, -0.15) is 0 Å². The molecule has 2 aromatic rings. The topological polar surface area (TPSA) is 79.5 Å². The molecule has 5 nitrogen and oxygen atoms in total. The van der Waals surface area contributed by atoms with Gasteiger partial charge in [0.15, 0.2) is 0 Å². The largest absolute Gasteiger partial charge is 0.481 e. The Kier molecular flexibility index (Phi) is 5.39. The maximum absolute atomic E-state index is 13.6. The molecule has 2 N–H and O–H groups in total. The minimum Gasteiger partial charge on any atom is -0.481 e. The van der Waals surface area contributed by atoms with E-state index >= 15 is 0 Å². The van der Waals surface area contributed by atoms with Gasteiger partial charge in [-0.15, -0.1) is 0 Å². The Hall–Kier alpha value is -2.34. The monoisotopic (exact) mass is 339 g/mol. The van der Waals surface area contributed by atoms with Gasteiger partial charge >= 0.3 is 5.97 Å². The van der Waals surface area contributed by atoms with Crippen molar-refractivity contribution in [2.24, 2.45) is 0 Å². The maximum atomic E-state index is 13.6. The van der Waals surface area contributed by atoms with Crippen molar-refractivity contribution in [2.45, 2.75) is 25.8 Å². The van der Waals surface area contributed by atoms with Crippen LogP contribution in [-0.2, 0) is 16.0 Å². The second-order valence-corrected chi connectivity index (χ2v) is 5.49. The van der Waals surface area contributed by atoms with Gasteiger partial charge in [0.05, 0.1) is 23.9 Å². The number of amides is 1. The van der Waals surface area contributed by atoms with E-state index in [4.69, 9.17) is 21.1 Å². The van der Waals surface area contributed by atoms with E-state index in [1.165, 1.54) is 12.1 Å². The van der Waals surface area contributed by atoms with E-state index < -0.39 is 23.7 Å². The number of hydrogen-bond acceptors (Lipinski definition) is 3. The second-order valence-electron chi connectivity index (χ2n) is 5.08. The van der Waals surface area contributed by atoms with Gasteiger partial charge in [0.1, 0.15) is 17.3 Å². The lowest BCUT2D eigenvalue weighted by atomic mass is 10.0. The average Bonchev–Trinajstić information content (AvgIpc) is 2.85. The number of hydrogen-bond donors (Lipinski definition) is 2. The first-order valence-corrected chi connectivity index (χ1v) is 7.24. The van der Waals surface area contributed by atoms with Crippen LogP contribution < -0.4 is 5.32 Å². The standard InChI is InChI=1S/C16H15ClFNO4/c1-9-2-4-11(23-9)7-15(20)19-14(8-16(21)22)10-3-5-12(17)13(18)6-10/h2-6,14H,7-8H2,1H3,(H,19,20)(H,21,22)/t14-/m1/s1. The molecule has 2 rings (SSSR count). The van der Waals surface area contributed by atoms with E-state index in [1.54, 1.807) is 19.1 Å². The van der Waals surface area contributed by atoms with Crippen LogP contribution in [0.5, 0.6) is 0 Å². The van der Waals surface area contributed by atoms with E-state index in [-0.39, 0.29) is 17.9 Å². The molecule has 0 aliphatic rings. The number of nitrogens with one attached hydrogen (secondary N) is 1. The highest BCUT2D eigenvalue weighted by molar-refractivity contribution is 6.30. The fourth-order valence-corrected chi connectivity index (χ4v) is 2.26. The molecule has 0 bridgehead atoms. The Morgan fingerprint density at radius 1 is 1.35 bits per heavy atom. The van der Waals surface area contributed by atoms with Gasteiger partial charge in [-0.3, -0.25) is 9.59 Å². The molecule has 0 aliphatic carbocycles. The first-order valence-electron chi connectivity index (χ1n) is 6.86. The van der Waals surface area contributed by atoms with Crippen LogP contribution in [0.25, 0.3) is 0 Å². The van der Waals surface area contributed by atoms with Crippen molar-refractivity contribution >= 4 is 23.5 Å².